The highest BCUT2D eigenvalue weighted by Gasteiger charge is 2.46. The number of oxime groups is 1. The summed E-state index contributed by atoms with van der Waals surface area (Å²) in [4.78, 5) is 54.8. The second kappa shape index (κ2) is 16.5. The van der Waals surface area contributed by atoms with Gasteiger partial charge in [0, 0.05) is 24.7 Å². The number of nitrogens with zero attached hydrogens (tertiary/aromatic N) is 1. The van der Waals surface area contributed by atoms with Gasteiger partial charge in [0.05, 0.1) is 24.2 Å². The van der Waals surface area contributed by atoms with Gasteiger partial charge in [-0.25, -0.2) is 0 Å². The Hall–Kier alpha value is -2.55. The molecule has 1 fully saturated rings. The number of unbranched alkanes of at least 4 members (excludes halogenated alkanes) is 4. The third-order valence-electron chi connectivity index (χ3n) is 8.03. The fourth-order valence-electron chi connectivity index (χ4n) is 5.44. The van der Waals surface area contributed by atoms with E-state index in [1.54, 1.807) is 6.08 Å². The van der Waals surface area contributed by atoms with Gasteiger partial charge in [0.1, 0.15) is 18.5 Å². The third kappa shape index (κ3) is 10.2. The zero-order valence-corrected chi connectivity index (χ0v) is 24.0. The number of carboxylic acids is 1. The summed E-state index contributed by atoms with van der Waals surface area (Å²) in [5, 5.41) is 23.1. The van der Waals surface area contributed by atoms with E-state index >= 15 is 0 Å². The molecule has 2 aliphatic carbocycles. The first kappa shape index (κ1) is 32.7. The van der Waals surface area contributed by atoms with Crippen molar-refractivity contribution in [2.45, 2.75) is 117 Å². The van der Waals surface area contributed by atoms with E-state index in [1.165, 1.54) is 12.8 Å². The van der Waals surface area contributed by atoms with Crippen molar-refractivity contribution >= 4 is 29.2 Å². The molecule has 0 bridgehead atoms. The maximum atomic E-state index is 13.0. The minimum absolute atomic E-state index is 0.0641. The summed E-state index contributed by atoms with van der Waals surface area (Å²) in [6.45, 7) is 8.25. The molecule has 2 rings (SSSR count). The van der Waals surface area contributed by atoms with Crippen molar-refractivity contribution < 1.29 is 39.0 Å². The van der Waals surface area contributed by atoms with Crippen LogP contribution in [0.4, 0.5) is 0 Å². The molecule has 2 aliphatic rings. The Morgan fingerprint density at radius 3 is 2.51 bits per heavy atom. The van der Waals surface area contributed by atoms with Crippen LogP contribution in [-0.4, -0.2) is 58.2 Å². The van der Waals surface area contributed by atoms with Gasteiger partial charge in [-0.2, -0.15) is 0 Å². The molecule has 6 atom stereocenters. The van der Waals surface area contributed by atoms with Crippen molar-refractivity contribution in [2.24, 2.45) is 28.8 Å². The summed E-state index contributed by atoms with van der Waals surface area (Å²) in [5.41, 5.74) is 1.42. The van der Waals surface area contributed by atoms with Crippen molar-refractivity contribution in [3.05, 3.63) is 11.6 Å². The quantitative estimate of drug-likeness (QED) is 0.146. The van der Waals surface area contributed by atoms with Gasteiger partial charge in [-0.15, -0.1) is 0 Å². The van der Waals surface area contributed by atoms with Crippen LogP contribution < -0.4 is 0 Å². The average molecular weight is 550 g/mol. The lowest BCUT2D eigenvalue weighted by Crippen LogP contribution is -2.46. The zero-order chi connectivity index (χ0) is 28.9. The van der Waals surface area contributed by atoms with Gasteiger partial charge in [0.25, 0.3) is 0 Å². The molecule has 0 aliphatic heterocycles. The highest BCUT2D eigenvalue weighted by Crippen LogP contribution is 2.44. The summed E-state index contributed by atoms with van der Waals surface area (Å²) >= 11 is 0. The Labute approximate surface area is 232 Å². The number of aliphatic hydroxyl groups excluding tert-OH is 1. The van der Waals surface area contributed by atoms with E-state index in [2.05, 4.69) is 12.1 Å². The fraction of sp³-hybridized carbons (Fsp3) is 0.767. The number of Topliss-reactive ketones (excluding diaryl/α,β-unsaturated/α-hetero) is 1. The van der Waals surface area contributed by atoms with Crippen molar-refractivity contribution in [1.82, 2.24) is 0 Å². The first-order valence-electron chi connectivity index (χ1n) is 14.7. The molecule has 0 aromatic heterocycles. The lowest BCUT2D eigenvalue weighted by atomic mass is 9.63. The Balaban J connectivity index is 2.21. The summed E-state index contributed by atoms with van der Waals surface area (Å²) in [6, 6.07) is 0. The zero-order valence-electron chi connectivity index (χ0n) is 24.0. The molecule has 1 saturated carbocycles. The number of carbonyl (C=O) groups excluding carboxylic acids is 3. The van der Waals surface area contributed by atoms with E-state index < -0.39 is 24.6 Å². The number of hydrogen-bond donors (Lipinski definition) is 2. The molecule has 2 N–H and O–H groups in total. The fourth-order valence-corrected chi connectivity index (χ4v) is 5.44. The monoisotopic (exact) mass is 549 g/mol. The van der Waals surface area contributed by atoms with Crippen molar-refractivity contribution in [2.75, 3.05) is 6.61 Å². The molecule has 0 aromatic carbocycles. The maximum Gasteiger partial charge on any atom is 0.308 e. The molecule has 220 valence electrons. The molecular formula is C30H47NO8. The van der Waals surface area contributed by atoms with Crippen LogP contribution in [0.3, 0.4) is 0 Å². The summed E-state index contributed by atoms with van der Waals surface area (Å²) in [7, 11) is 0. The van der Waals surface area contributed by atoms with E-state index in [0.717, 1.165) is 24.8 Å². The van der Waals surface area contributed by atoms with Gasteiger partial charge in [-0.1, -0.05) is 52.1 Å². The molecule has 39 heavy (non-hydrogen) atoms. The minimum atomic E-state index is -1.24. The van der Waals surface area contributed by atoms with Crippen LogP contribution in [0.2, 0.25) is 0 Å². The summed E-state index contributed by atoms with van der Waals surface area (Å²) in [6.07, 6.45) is 6.85. The lowest BCUT2D eigenvalue weighted by molar-refractivity contribution is -0.158. The first-order valence-corrected chi connectivity index (χ1v) is 14.7. The number of carboxylic acid groups (broad SMARTS) is 1. The SMILES string of the molecule is CCCCCCCO/N=C1/CCC(OC(=O)C(C)CC)C2C1=CC(=O)C(C)C2CCC(=O)CC(O)CC(=O)O. The van der Waals surface area contributed by atoms with Gasteiger partial charge in [-0.3, -0.25) is 19.2 Å². The molecular weight excluding hydrogens is 502 g/mol. The first-order chi connectivity index (χ1) is 18.6. The van der Waals surface area contributed by atoms with Crippen LogP contribution in [0.25, 0.3) is 0 Å². The van der Waals surface area contributed by atoms with Crippen LogP contribution in [-0.2, 0) is 28.8 Å². The molecule has 0 saturated heterocycles. The molecule has 0 heterocycles. The highest BCUT2D eigenvalue weighted by atomic mass is 16.6. The number of esters is 1. The minimum Gasteiger partial charge on any atom is -0.481 e. The number of allylic oxidation sites excluding steroid dienone is 1. The van der Waals surface area contributed by atoms with E-state index in [1.807, 2.05) is 20.8 Å². The Kier molecular flexibility index (Phi) is 13.8. The van der Waals surface area contributed by atoms with Gasteiger partial charge in [0.2, 0.25) is 0 Å². The lowest BCUT2D eigenvalue weighted by Gasteiger charge is -2.43. The predicted molar refractivity (Wildman–Crippen MR) is 147 cm³/mol. The highest BCUT2D eigenvalue weighted by molar-refractivity contribution is 6.08. The van der Waals surface area contributed by atoms with Crippen LogP contribution >= 0.6 is 0 Å². The Morgan fingerprint density at radius 1 is 1.13 bits per heavy atom. The number of hydrogen-bond acceptors (Lipinski definition) is 8. The average Bonchev–Trinajstić information content (AvgIpc) is 2.88. The molecule has 0 spiro atoms. The third-order valence-corrected chi connectivity index (χ3v) is 8.03. The van der Waals surface area contributed by atoms with Crippen LogP contribution in [0.5, 0.6) is 0 Å². The number of ketones is 2. The smallest absolute Gasteiger partial charge is 0.308 e. The summed E-state index contributed by atoms with van der Waals surface area (Å²) in [5.74, 6) is -2.98. The van der Waals surface area contributed by atoms with Gasteiger partial charge >= 0.3 is 11.9 Å². The molecule has 9 nitrogen and oxygen atoms in total. The molecule has 0 radical (unpaired) electrons. The number of aliphatic hydroxyl groups is 1. The molecule has 0 amide bonds. The molecule has 6 unspecified atom stereocenters. The van der Waals surface area contributed by atoms with E-state index in [9.17, 15) is 24.3 Å². The second-order valence-corrected chi connectivity index (χ2v) is 11.1. The van der Waals surface area contributed by atoms with Crippen LogP contribution in [0, 0.1) is 23.7 Å². The topological polar surface area (TPSA) is 140 Å². The Morgan fingerprint density at radius 2 is 1.85 bits per heavy atom. The number of carbonyl (C=O) groups is 4. The van der Waals surface area contributed by atoms with E-state index in [0.29, 0.717) is 38.0 Å². The molecule has 0 aromatic rings. The largest absolute Gasteiger partial charge is 0.481 e. The second-order valence-electron chi connectivity index (χ2n) is 11.1. The normalized spacial score (nSPS) is 25.4. The standard InChI is InChI=1S/C30H47NO8/c1-5-7-8-9-10-15-38-31-25-13-14-27(39-30(37)19(3)6-2)29-23(20(4)26(34)18-24(25)29)12-11-21(32)16-22(33)17-28(35)36/h18-20,22-23,27,29,33H,5-17H2,1-4H3,(H,35,36)/b31-25-. The van der Waals surface area contributed by atoms with Gasteiger partial charge in [-0.05, 0) is 56.1 Å². The van der Waals surface area contributed by atoms with E-state index in [4.69, 9.17) is 14.7 Å². The predicted octanol–water partition coefficient (Wildman–Crippen LogP) is 5.03. The van der Waals surface area contributed by atoms with Crippen molar-refractivity contribution in [3.63, 3.8) is 0 Å². The maximum absolute atomic E-state index is 13.0. The van der Waals surface area contributed by atoms with Gasteiger partial charge < -0.3 is 19.8 Å². The number of fused-ring (bicyclic) bond motifs is 1. The molecule has 9 heteroatoms. The van der Waals surface area contributed by atoms with Crippen molar-refractivity contribution in [3.8, 4) is 0 Å². The van der Waals surface area contributed by atoms with Gasteiger partial charge in [0.15, 0.2) is 5.78 Å². The number of ether oxygens (including phenoxy) is 1. The Bertz CT molecular complexity index is 911. The van der Waals surface area contributed by atoms with Crippen LogP contribution in [0.1, 0.15) is 105 Å². The number of rotatable bonds is 17. The van der Waals surface area contributed by atoms with Crippen LogP contribution in [0.15, 0.2) is 16.8 Å². The summed E-state index contributed by atoms with van der Waals surface area (Å²) < 4.78 is 5.99. The van der Waals surface area contributed by atoms with Crippen molar-refractivity contribution in [1.29, 1.82) is 0 Å². The number of aliphatic carboxylic acids is 1. The van der Waals surface area contributed by atoms with E-state index in [-0.39, 0.29) is 54.0 Å².